The standard InChI is InChI=1S/C15H18O2/c1-3-5-7-12-14(16)15(17-4-2)13-10-8-6-9-11-13/h6,8-11,15H,4,7,12H2,1-2H3. The molecule has 17 heavy (non-hydrogen) atoms. The number of hydrogen-bond donors (Lipinski definition) is 0. The van der Waals surface area contributed by atoms with Crippen molar-refractivity contribution in [3.8, 4) is 11.8 Å². The summed E-state index contributed by atoms with van der Waals surface area (Å²) in [6.07, 6.45) is 0.603. The van der Waals surface area contributed by atoms with Crippen molar-refractivity contribution in [1.29, 1.82) is 0 Å². The molecule has 1 aromatic carbocycles. The molecule has 90 valence electrons. The van der Waals surface area contributed by atoms with E-state index in [1.54, 1.807) is 6.92 Å². The average Bonchev–Trinajstić information content (AvgIpc) is 2.37. The highest BCUT2D eigenvalue weighted by molar-refractivity contribution is 5.84. The van der Waals surface area contributed by atoms with E-state index in [4.69, 9.17) is 4.74 Å². The molecular formula is C15H18O2. The van der Waals surface area contributed by atoms with E-state index in [0.29, 0.717) is 19.4 Å². The highest BCUT2D eigenvalue weighted by Gasteiger charge is 2.19. The van der Waals surface area contributed by atoms with Crippen LogP contribution in [0.3, 0.4) is 0 Å². The zero-order valence-corrected chi connectivity index (χ0v) is 10.4. The lowest BCUT2D eigenvalue weighted by Crippen LogP contribution is -2.15. The molecule has 0 aliphatic carbocycles. The first-order valence-corrected chi connectivity index (χ1v) is 5.88. The van der Waals surface area contributed by atoms with Crippen molar-refractivity contribution < 1.29 is 9.53 Å². The van der Waals surface area contributed by atoms with Crippen LogP contribution in [0.2, 0.25) is 0 Å². The van der Waals surface area contributed by atoms with Gasteiger partial charge in [-0.2, -0.15) is 0 Å². The Bertz CT molecular complexity index is 398. The molecule has 0 radical (unpaired) electrons. The molecule has 0 aromatic heterocycles. The molecule has 0 fully saturated rings. The van der Waals surface area contributed by atoms with E-state index >= 15 is 0 Å². The fourth-order valence-electron chi connectivity index (χ4n) is 1.61. The summed E-state index contributed by atoms with van der Waals surface area (Å²) in [5.41, 5.74) is 0.920. The van der Waals surface area contributed by atoms with Gasteiger partial charge in [-0.15, -0.1) is 11.8 Å². The van der Waals surface area contributed by atoms with Gasteiger partial charge in [0.05, 0.1) is 0 Å². The SMILES string of the molecule is CC#CCCC(=O)C(OCC)c1ccccc1. The summed E-state index contributed by atoms with van der Waals surface area (Å²) in [5.74, 6) is 5.79. The van der Waals surface area contributed by atoms with Gasteiger partial charge < -0.3 is 4.74 Å². The normalized spacial score (nSPS) is 11.4. The molecule has 1 atom stereocenters. The van der Waals surface area contributed by atoms with Gasteiger partial charge in [0.25, 0.3) is 0 Å². The number of carbonyl (C=O) groups is 1. The molecule has 2 heteroatoms. The van der Waals surface area contributed by atoms with Crippen molar-refractivity contribution >= 4 is 5.78 Å². The number of ketones is 1. The Balaban J connectivity index is 2.70. The van der Waals surface area contributed by atoms with E-state index in [1.807, 2.05) is 37.3 Å². The van der Waals surface area contributed by atoms with Gasteiger partial charge in [-0.05, 0) is 19.4 Å². The van der Waals surface area contributed by atoms with E-state index < -0.39 is 6.10 Å². The summed E-state index contributed by atoms with van der Waals surface area (Å²) >= 11 is 0. The highest BCUT2D eigenvalue weighted by atomic mass is 16.5. The molecule has 0 heterocycles. The molecule has 2 nitrogen and oxygen atoms in total. The zero-order chi connectivity index (χ0) is 12.5. The van der Waals surface area contributed by atoms with E-state index in [0.717, 1.165) is 5.56 Å². The van der Waals surface area contributed by atoms with Gasteiger partial charge in [0.15, 0.2) is 5.78 Å². The van der Waals surface area contributed by atoms with E-state index in [9.17, 15) is 4.79 Å². The van der Waals surface area contributed by atoms with Crippen molar-refractivity contribution in [2.45, 2.75) is 32.8 Å². The number of carbonyl (C=O) groups excluding carboxylic acids is 1. The first-order chi connectivity index (χ1) is 8.29. The highest BCUT2D eigenvalue weighted by Crippen LogP contribution is 2.20. The monoisotopic (exact) mass is 230 g/mol. The smallest absolute Gasteiger partial charge is 0.167 e. The lowest BCUT2D eigenvalue weighted by atomic mass is 10.0. The quantitative estimate of drug-likeness (QED) is 0.702. The largest absolute Gasteiger partial charge is 0.366 e. The first kappa shape index (κ1) is 13.5. The predicted octanol–water partition coefficient (Wildman–Crippen LogP) is 3.14. The molecule has 1 rings (SSSR count). The number of rotatable bonds is 6. The summed E-state index contributed by atoms with van der Waals surface area (Å²) in [4.78, 5) is 12.0. The maximum absolute atomic E-state index is 12.0. The Morgan fingerprint density at radius 1 is 1.35 bits per heavy atom. The molecule has 1 aromatic rings. The van der Waals surface area contributed by atoms with Crippen LogP contribution in [0, 0.1) is 11.8 Å². The van der Waals surface area contributed by atoms with Gasteiger partial charge >= 0.3 is 0 Å². The van der Waals surface area contributed by atoms with Crippen LogP contribution in [0.25, 0.3) is 0 Å². The van der Waals surface area contributed by atoms with Gasteiger partial charge in [-0.1, -0.05) is 30.3 Å². The van der Waals surface area contributed by atoms with Crippen LogP contribution in [0.1, 0.15) is 38.4 Å². The lowest BCUT2D eigenvalue weighted by Gasteiger charge is -2.15. The summed E-state index contributed by atoms with van der Waals surface area (Å²) in [6, 6.07) is 9.61. The first-order valence-electron chi connectivity index (χ1n) is 5.88. The van der Waals surface area contributed by atoms with Gasteiger partial charge in [-0.25, -0.2) is 0 Å². The minimum atomic E-state index is -0.445. The second-order valence-electron chi connectivity index (χ2n) is 3.64. The minimum Gasteiger partial charge on any atom is -0.366 e. The van der Waals surface area contributed by atoms with Crippen LogP contribution in [0.4, 0.5) is 0 Å². The van der Waals surface area contributed by atoms with Crippen LogP contribution in [-0.2, 0) is 9.53 Å². The van der Waals surface area contributed by atoms with Crippen molar-refractivity contribution in [2.24, 2.45) is 0 Å². The zero-order valence-electron chi connectivity index (χ0n) is 10.4. The number of Topliss-reactive ketones (excluding diaryl/α,β-unsaturated/α-hetero) is 1. The Labute approximate surface area is 103 Å². The maximum Gasteiger partial charge on any atom is 0.167 e. The lowest BCUT2D eigenvalue weighted by molar-refractivity contribution is -0.130. The molecular weight excluding hydrogens is 212 g/mol. The van der Waals surface area contributed by atoms with Gasteiger partial charge in [-0.3, -0.25) is 4.79 Å². The molecule has 0 N–H and O–H groups in total. The van der Waals surface area contributed by atoms with Gasteiger partial charge in [0, 0.05) is 19.4 Å². The summed E-state index contributed by atoms with van der Waals surface area (Å²) in [7, 11) is 0. The molecule has 0 amide bonds. The maximum atomic E-state index is 12.0. The summed E-state index contributed by atoms with van der Waals surface area (Å²) in [6.45, 7) is 4.21. The Morgan fingerprint density at radius 2 is 2.06 bits per heavy atom. The second-order valence-corrected chi connectivity index (χ2v) is 3.64. The topological polar surface area (TPSA) is 26.3 Å². The third-order valence-corrected chi connectivity index (χ3v) is 2.40. The number of benzene rings is 1. The second kappa shape index (κ2) is 7.65. The van der Waals surface area contributed by atoms with Gasteiger partial charge in [0.1, 0.15) is 6.10 Å². The Hall–Kier alpha value is -1.59. The fraction of sp³-hybridized carbons (Fsp3) is 0.400. The molecule has 0 saturated heterocycles. The molecule has 0 aliphatic rings. The third kappa shape index (κ3) is 4.42. The van der Waals surface area contributed by atoms with Crippen molar-refractivity contribution in [2.75, 3.05) is 6.61 Å². The molecule has 0 aliphatic heterocycles. The Morgan fingerprint density at radius 3 is 2.65 bits per heavy atom. The van der Waals surface area contributed by atoms with E-state index in [1.165, 1.54) is 0 Å². The molecule has 0 spiro atoms. The molecule has 0 saturated carbocycles. The molecule has 0 bridgehead atoms. The molecule has 1 unspecified atom stereocenters. The minimum absolute atomic E-state index is 0.0980. The van der Waals surface area contributed by atoms with Crippen LogP contribution in [0.15, 0.2) is 30.3 Å². The van der Waals surface area contributed by atoms with E-state index in [2.05, 4.69) is 11.8 Å². The van der Waals surface area contributed by atoms with Crippen LogP contribution >= 0.6 is 0 Å². The third-order valence-electron chi connectivity index (χ3n) is 2.40. The predicted molar refractivity (Wildman–Crippen MR) is 68.5 cm³/mol. The van der Waals surface area contributed by atoms with Crippen LogP contribution in [0.5, 0.6) is 0 Å². The van der Waals surface area contributed by atoms with Crippen molar-refractivity contribution in [3.05, 3.63) is 35.9 Å². The van der Waals surface area contributed by atoms with Crippen LogP contribution in [-0.4, -0.2) is 12.4 Å². The summed E-state index contributed by atoms with van der Waals surface area (Å²) in [5, 5.41) is 0. The number of ether oxygens (including phenoxy) is 1. The van der Waals surface area contributed by atoms with Crippen LogP contribution < -0.4 is 0 Å². The Kier molecular flexibility index (Phi) is 6.06. The van der Waals surface area contributed by atoms with E-state index in [-0.39, 0.29) is 5.78 Å². The van der Waals surface area contributed by atoms with Crippen molar-refractivity contribution in [1.82, 2.24) is 0 Å². The number of hydrogen-bond acceptors (Lipinski definition) is 2. The average molecular weight is 230 g/mol. The summed E-state index contributed by atoms with van der Waals surface area (Å²) < 4.78 is 5.52. The van der Waals surface area contributed by atoms with Crippen molar-refractivity contribution in [3.63, 3.8) is 0 Å². The van der Waals surface area contributed by atoms with Gasteiger partial charge in [0.2, 0.25) is 0 Å². The fourth-order valence-corrected chi connectivity index (χ4v) is 1.61.